The van der Waals surface area contributed by atoms with Crippen LogP contribution in [0.2, 0.25) is 5.02 Å². The summed E-state index contributed by atoms with van der Waals surface area (Å²) in [7, 11) is 0. The first-order valence-corrected chi connectivity index (χ1v) is 11.2. The Kier molecular flexibility index (Phi) is 6.86. The van der Waals surface area contributed by atoms with Gasteiger partial charge in [0.05, 0.1) is 17.1 Å². The van der Waals surface area contributed by atoms with Crippen molar-refractivity contribution in [3.63, 3.8) is 0 Å². The van der Waals surface area contributed by atoms with Crippen molar-refractivity contribution in [2.24, 2.45) is 0 Å². The number of anilines is 2. The van der Waals surface area contributed by atoms with Crippen molar-refractivity contribution >= 4 is 40.2 Å². The summed E-state index contributed by atoms with van der Waals surface area (Å²) in [5.74, 6) is 0.913. The van der Waals surface area contributed by atoms with E-state index in [1.165, 1.54) is 29.5 Å². The van der Waals surface area contributed by atoms with Gasteiger partial charge in [0.25, 0.3) is 0 Å². The molecule has 0 saturated heterocycles. The molecule has 0 aliphatic heterocycles. The lowest BCUT2D eigenvalue weighted by atomic mass is 10.1. The minimum atomic E-state index is -4.65. The van der Waals surface area contributed by atoms with E-state index in [9.17, 15) is 18.0 Å². The van der Waals surface area contributed by atoms with Gasteiger partial charge in [-0.05, 0) is 39.8 Å². The molecule has 15 heteroatoms. The summed E-state index contributed by atoms with van der Waals surface area (Å²) in [6.07, 6.45) is -1.81. The number of rotatable bonds is 5. The molecule has 0 unspecified atom stereocenters. The molecule has 0 spiro atoms. The Hall–Kier alpha value is -4.07. The Morgan fingerprint density at radius 2 is 1.76 bits per heavy atom. The number of benzene rings is 1. The quantitative estimate of drug-likeness (QED) is 0.354. The summed E-state index contributed by atoms with van der Waals surface area (Å²) in [5, 5.41) is 9.72. The third-order valence-electron chi connectivity index (χ3n) is 4.82. The van der Waals surface area contributed by atoms with E-state index >= 15 is 0 Å². The molecular formula is C22H21ClF3N9O2. The third kappa shape index (κ3) is 6.02. The van der Waals surface area contributed by atoms with Crippen LogP contribution in [0.3, 0.4) is 0 Å². The molecule has 3 heterocycles. The number of hydrogen-bond donors (Lipinski definition) is 2. The molecule has 11 nitrogen and oxygen atoms in total. The molecular weight excluding hydrogens is 515 g/mol. The van der Waals surface area contributed by atoms with Gasteiger partial charge in [0.2, 0.25) is 0 Å². The van der Waals surface area contributed by atoms with Crippen molar-refractivity contribution in [1.29, 1.82) is 0 Å². The number of carbonyl (C=O) groups excluding carboxylic acids is 1. The van der Waals surface area contributed by atoms with Gasteiger partial charge in [-0.25, -0.2) is 29.7 Å². The molecule has 1 atom stereocenters. The highest BCUT2D eigenvalue weighted by atomic mass is 35.5. The van der Waals surface area contributed by atoms with Gasteiger partial charge in [-0.1, -0.05) is 11.6 Å². The summed E-state index contributed by atoms with van der Waals surface area (Å²) < 4.78 is 47.2. The maximum atomic E-state index is 13.5. The van der Waals surface area contributed by atoms with Gasteiger partial charge in [-0.3, -0.25) is 5.32 Å². The molecule has 0 fully saturated rings. The average molecular weight is 536 g/mol. The number of hydrogen-bond acceptors (Lipinski definition) is 9. The second-order valence-electron chi connectivity index (χ2n) is 8.85. The first-order valence-electron chi connectivity index (χ1n) is 10.8. The zero-order valence-corrected chi connectivity index (χ0v) is 20.8. The van der Waals surface area contributed by atoms with E-state index < -0.39 is 29.5 Å². The first kappa shape index (κ1) is 26.0. The maximum absolute atomic E-state index is 13.5. The van der Waals surface area contributed by atoms with Gasteiger partial charge in [-0.15, -0.1) is 0 Å². The van der Waals surface area contributed by atoms with E-state index in [0.29, 0.717) is 5.82 Å². The summed E-state index contributed by atoms with van der Waals surface area (Å²) in [6, 6.07) is 3.03. The highest BCUT2D eigenvalue weighted by Crippen LogP contribution is 2.38. The lowest BCUT2D eigenvalue weighted by Crippen LogP contribution is -2.27. The second kappa shape index (κ2) is 9.76. The normalized spacial score (nSPS) is 12.9. The monoisotopic (exact) mass is 535 g/mol. The van der Waals surface area contributed by atoms with Crippen molar-refractivity contribution in [1.82, 2.24) is 34.7 Å². The lowest BCUT2D eigenvalue weighted by Gasteiger charge is -2.19. The minimum Gasteiger partial charge on any atom is -0.444 e. The number of alkyl halides is 3. The van der Waals surface area contributed by atoms with Crippen LogP contribution in [0, 0.1) is 0 Å². The van der Waals surface area contributed by atoms with E-state index in [1.807, 2.05) is 0 Å². The minimum absolute atomic E-state index is 0.0890. The fraction of sp³-hybridized carbons (Fsp3) is 0.318. The highest BCUT2D eigenvalue weighted by Gasteiger charge is 2.34. The van der Waals surface area contributed by atoms with Crippen LogP contribution in [-0.2, 0) is 10.9 Å². The molecule has 1 aromatic carbocycles. The summed E-state index contributed by atoms with van der Waals surface area (Å²) in [5.41, 5.74) is -1.96. The van der Waals surface area contributed by atoms with E-state index in [2.05, 4.69) is 40.7 Å². The molecule has 0 saturated carbocycles. The molecule has 0 bridgehead atoms. The number of aromatic nitrogens is 7. The Labute approximate surface area is 213 Å². The molecule has 1 amide bonds. The number of nitrogens with one attached hydrogen (secondary N) is 2. The van der Waals surface area contributed by atoms with Crippen LogP contribution in [0.4, 0.5) is 29.6 Å². The molecule has 2 N–H and O–H groups in total. The Morgan fingerprint density at radius 3 is 2.46 bits per heavy atom. The Morgan fingerprint density at radius 1 is 1.03 bits per heavy atom. The van der Waals surface area contributed by atoms with E-state index in [1.54, 1.807) is 27.7 Å². The molecule has 37 heavy (non-hydrogen) atoms. The van der Waals surface area contributed by atoms with Gasteiger partial charge in [-0.2, -0.15) is 23.0 Å². The van der Waals surface area contributed by atoms with Crippen molar-refractivity contribution in [2.45, 2.75) is 45.5 Å². The van der Waals surface area contributed by atoms with Crippen LogP contribution in [0.1, 0.15) is 45.1 Å². The van der Waals surface area contributed by atoms with Crippen molar-refractivity contribution < 1.29 is 22.7 Å². The number of nitrogens with zero attached hydrogens (tertiary/aromatic N) is 7. The summed E-state index contributed by atoms with van der Waals surface area (Å²) >= 11 is 5.97. The van der Waals surface area contributed by atoms with E-state index in [0.717, 1.165) is 12.4 Å². The molecule has 0 aliphatic rings. The summed E-state index contributed by atoms with van der Waals surface area (Å²) in [4.78, 5) is 32.4. The third-order valence-corrected chi connectivity index (χ3v) is 5.04. The van der Waals surface area contributed by atoms with Crippen molar-refractivity contribution in [3.8, 4) is 5.82 Å². The number of ether oxygens (including phenoxy) is 1. The number of carbonyl (C=O) groups is 1. The smallest absolute Gasteiger partial charge is 0.418 e. The van der Waals surface area contributed by atoms with E-state index in [-0.39, 0.29) is 33.4 Å². The number of fused-ring (bicyclic) bond motifs is 1. The predicted molar refractivity (Wildman–Crippen MR) is 128 cm³/mol. The Balaban J connectivity index is 1.62. The molecule has 4 aromatic rings. The fourth-order valence-corrected chi connectivity index (χ4v) is 3.61. The first-order chi connectivity index (χ1) is 17.3. The van der Waals surface area contributed by atoms with Gasteiger partial charge in [0.15, 0.2) is 11.6 Å². The van der Waals surface area contributed by atoms with Crippen molar-refractivity contribution in [3.05, 3.63) is 53.6 Å². The number of amides is 1. The summed E-state index contributed by atoms with van der Waals surface area (Å²) in [6.45, 7) is 6.90. The van der Waals surface area contributed by atoms with Crippen LogP contribution >= 0.6 is 11.6 Å². The predicted octanol–water partition coefficient (Wildman–Crippen LogP) is 5.19. The Bertz CT molecular complexity index is 1450. The molecule has 0 radical (unpaired) electrons. The topological polar surface area (TPSA) is 133 Å². The maximum Gasteiger partial charge on any atom is 0.418 e. The SMILES string of the molecule is C[C@H](Nc1ncnc2c(C(F)(F)F)cc(Cl)cc12)c1ncnn1-c1cc(NC(=O)OC(C)(C)C)ncn1. The largest absolute Gasteiger partial charge is 0.444 e. The second-order valence-corrected chi connectivity index (χ2v) is 9.29. The lowest BCUT2D eigenvalue weighted by molar-refractivity contribution is -0.136. The fourth-order valence-electron chi connectivity index (χ4n) is 3.40. The van der Waals surface area contributed by atoms with Crippen LogP contribution in [0.5, 0.6) is 0 Å². The van der Waals surface area contributed by atoms with Crippen LogP contribution in [0.25, 0.3) is 16.7 Å². The van der Waals surface area contributed by atoms with Crippen molar-refractivity contribution in [2.75, 3.05) is 10.6 Å². The van der Waals surface area contributed by atoms with Gasteiger partial charge >= 0.3 is 12.3 Å². The van der Waals surface area contributed by atoms with Gasteiger partial charge < -0.3 is 10.1 Å². The molecule has 0 aliphatic carbocycles. The van der Waals surface area contributed by atoms with Gasteiger partial charge in [0, 0.05) is 16.5 Å². The molecule has 3 aromatic heterocycles. The van der Waals surface area contributed by atoms with Crippen LogP contribution < -0.4 is 10.6 Å². The van der Waals surface area contributed by atoms with E-state index in [4.69, 9.17) is 16.3 Å². The van der Waals surface area contributed by atoms with Gasteiger partial charge in [0.1, 0.15) is 36.2 Å². The highest BCUT2D eigenvalue weighted by molar-refractivity contribution is 6.31. The van der Waals surface area contributed by atoms with Crippen LogP contribution in [-0.4, -0.2) is 46.4 Å². The number of halogens is 4. The zero-order chi connectivity index (χ0) is 27.0. The van der Waals surface area contributed by atoms with Crippen LogP contribution in [0.15, 0.2) is 37.2 Å². The molecule has 4 rings (SSSR count). The average Bonchev–Trinajstić information content (AvgIpc) is 3.27. The molecule has 194 valence electrons. The zero-order valence-electron chi connectivity index (χ0n) is 20.0. The standard InChI is InChI=1S/C22H21ClF3N9O2/c1-11(33-18-13-5-12(23)6-14(22(24,25)26)17(13)29-9-30-18)19-31-10-32-35(19)16-7-15(27-8-28-16)34-20(36)37-21(2,3)4/h5-11H,1-4H3,(H,29,30,33)(H,27,28,34,36)/t11-/m0/s1.